The summed E-state index contributed by atoms with van der Waals surface area (Å²) >= 11 is 6.23. The standard InChI is InChI=1S/C19H19ClN4O3S/c1-11-10-24(12(2)23-11)16-8-7-13(9-17(16)28(22,26)27)18(19(21)25)14-5-3-4-6-15(14)20/h3-10,18H,1-2H3,(H2,21,25)(H2,22,26,27). The van der Waals surface area contributed by atoms with Crippen molar-refractivity contribution < 1.29 is 13.2 Å². The molecule has 0 aliphatic carbocycles. The molecule has 0 bridgehead atoms. The highest BCUT2D eigenvalue weighted by Crippen LogP contribution is 2.33. The molecule has 4 N–H and O–H groups in total. The zero-order chi connectivity index (χ0) is 20.6. The van der Waals surface area contributed by atoms with Crippen LogP contribution in [0.3, 0.4) is 0 Å². The molecule has 9 heteroatoms. The Morgan fingerprint density at radius 3 is 2.39 bits per heavy atom. The van der Waals surface area contributed by atoms with Gasteiger partial charge in [0.05, 0.1) is 17.3 Å². The largest absolute Gasteiger partial charge is 0.369 e. The number of rotatable bonds is 5. The third-order valence-corrected chi connectivity index (χ3v) is 5.67. The molecule has 146 valence electrons. The molecule has 1 amide bonds. The number of aryl methyl sites for hydroxylation is 2. The first-order valence-corrected chi connectivity index (χ1v) is 10.3. The van der Waals surface area contributed by atoms with E-state index in [1.54, 1.807) is 61.0 Å². The van der Waals surface area contributed by atoms with Gasteiger partial charge in [-0.1, -0.05) is 35.9 Å². The first-order valence-electron chi connectivity index (χ1n) is 8.33. The van der Waals surface area contributed by atoms with Crippen molar-refractivity contribution >= 4 is 27.5 Å². The smallest absolute Gasteiger partial charge is 0.240 e. The summed E-state index contributed by atoms with van der Waals surface area (Å²) in [7, 11) is -4.10. The first-order chi connectivity index (χ1) is 13.1. The number of sulfonamides is 1. The van der Waals surface area contributed by atoms with Gasteiger partial charge in [0.15, 0.2) is 0 Å². The van der Waals surface area contributed by atoms with Gasteiger partial charge in [-0.05, 0) is 43.2 Å². The Balaban J connectivity index is 2.25. The molecule has 1 aromatic heterocycles. The van der Waals surface area contributed by atoms with Crippen LogP contribution < -0.4 is 10.9 Å². The molecule has 0 aliphatic heterocycles. The molecule has 0 radical (unpaired) electrons. The van der Waals surface area contributed by atoms with Crippen LogP contribution in [0.2, 0.25) is 5.02 Å². The molecule has 3 aromatic rings. The second-order valence-corrected chi connectivity index (χ2v) is 8.37. The number of nitrogens with two attached hydrogens (primary N) is 2. The molecule has 1 heterocycles. The predicted octanol–water partition coefficient (Wildman–Crippen LogP) is 2.41. The Hall–Kier alpha value is -2.68. The lowest BCUT2D eigenvalue weighted by Gasteiger charge is -2.18. The maximum Gasteiger partial charge on any atom is 0.240 e. The monoisotopic (exact) mass is 418 g/mol. The highest BCUT2D eigenvalue weighted by atomic mass is 35.5. The van der Waals surface area contributed by atoms with Crippen molar-refractivity contribution in [3.05, 3.63) is 76.3 Å². The van der Waals surface area contributed by atoms with Gasteiger partial charge in [-0.3, -0.25) is 4.79 Å². The molecule has 2 aromatic carbocycles. The van der Waals surface area contributed by atoms with Crippen molar-refractivity contribution in [2.75, 3.05) is 0 Å². The molecular weight excluding hydrogens is 400 g/mol. The highest BCUT2D eigenvalue weighted by Gasteiger charge is 2.26. The SMILES string of the molecule is Cc1cn(-c2ccc(C(C(N)=O)c3ccccc3Cl)cc2S(N)(=O)=O)c(C)n1. The van der Waals surface area contributed by atoms with E-state index in [1.165, 1.54) is 6.07 Å². The fourth-order valence-electron chi connectivity index (χ4n) is 3.21. The molecule has 0 spiro atoms. The number of benzene rings is 2. The summed E-state index contributed by atoms with van der Waals surface area (Å²) in [5.41, 5.74) is 7.54. The number of carbonyl (C=O) groups is 1. The molecular formula is C19H19ClN4O3S. The lowest BCUT2D eigenvalue weighted by Crippen LogP contribution is -2.24. The Morgan fingerprint density at radius 2 is 1.86 bits per heavy atom. The number of amides is 1. The highest BCUT2D eigenvalue weighted by molar-refractivity contribution is 7.89. The lowest BCUT2D eigenvalue weighted by molar-refractivity contribution is -0.118. The second kappa shape index (κ2) is 7.38. The van der Waals surface area contributed by atoms with E-state index in [0.29, 0.717) is 27.7 Å². The van der Waals surface area contributed by atoms with Gasteiger partial charge in [0.2, 0.25) is 15.9 Å². The van der Waals surface area contributed by atoms with Crippen molar-refractivity contribution in [2.45, 2.75) is 24.7 Å². The molecule has 1 atom stereocenters. The van der Waals surface area contributed by atoms with Gasteiger partial charge < -0.3 is 10.3 Å². The van der Waals surface area contributed by atoms with E-state index in [4.69, 9.17) is 22.5 Å². The summed E-state index contributed by atoms with van der Waals surface area (Å²) < 4.78 is 26.2. The Morgan fingerprint density at radius 1 is 1.18 bits per heavy atom. The molecule has 1 unspecified atom stereocenters. The van der Waals surface area contributed by atoms with Crippen LogP contribution in [0.15, 0.2) is 53.6 Å². The number of hydrogen-bond acceptors (Lipinski definition) is 4. The topological polar surface area (TPSA) is 121 Å². The summed E-state index contributed by atoms with van der Waals surface area (Å²) in [6.45, 7) is 3.55. The Labute approximate surface area is 168 Å². The van der Waals surface area contributed by atoms with Crippen molar-refractivity contribution in [3.8, 4) is 5.69 Å². The first kappa shape index (κ1) is 20.1. The predicted molar refractivity (Wildman–Crippen MR) is 107 cm³/mol. The minimum atomic E-state index is -4.10. The van der Waals surface area contributed by atoms with E-state index >= 15 is 0 Å². The van der Waals surface area contributed by atoms with Crippen molar-refractivity contribution in [1.82, 2.24) is 9.55 Å². The van der Waals surface area contributed by atoms with Crippen LogP contribution in [-0.2, 0) is 14.8 Å². The summed E-state index contributed by atoms with van der Waals surface area (Å²) in [5.74, 6) is -0.975. The molecule has 0 saturated carbocycles. The van der Waals surface area contributed by atoms with E-state index in [2.05, 4.69) is 4.98 Å². The van der Waals surface area contributed by atoms with Crippen molar-refractivity contribution in [1.29, 1.82) is 0 Å². The van der Waals surface area contributed by atoms with Gasteiger partial charge >= 0.3 is 0 Å². The van der Waals surface area contributed by atoms with Gasteiger partial charge in [0.1, 0.15) is 10.7 Å². The van der Waals surface area contributed by atoms with Crippen molar-refractivity contribution in [2.24, 2.45) is 10.9 Å². The lowest BCUT2D eigenvalue weighted by atomic mass is 9.90. The van der Waals surface area contributed by atoms with Gasteiger partial charge in [0, 0.05) is 11.2 Å². The number of aromatic nitrogens is 2. The zero-order valence-corrected chi connectivity index (χ0v) is 16.8. The van der Waals surface area contributed by atoms with Crippen LogP contribution in [0, 0.1) is 13.8 Å². The number of halogens is 1. The number of carbonyl (C=O) groups excluding carboxylic acids is 1. The van der Waals surface area contributed by atoms with Crippen LogP contribution in [-0.4, -0.2) is 23.9 Å². The van der Waals surface area contributed by atoms with E-state index in [-0.39, 0.29) is 4.90 Å². The normalized spacial score (nSPS) is 12.7. The summed E-state index contributed by atoms with van der Waals surface area (Å²) in [4.78, 5) is 16.3. The number of imidazole rings is 1. The van der Waals surface area contributed by atoms with E-state index in [1.807, 2.05) is 0 Å². The fourth-order valence-corrected chi connectivity index (χ4v) is 4.21. The molecule has 28 heavy (non-hydrogen) atoms. The Kier molecular flexibility index (Phi) is 5.29. The second-order valence-electron chi connectivity index (χ2n) is 6.43. The Bertz CT molecular complexity index is 1170. The molecule has 0 saturated heterocycles. The average molecular weight is 419 g/mol. The van der Waals surface area contributed by atoms with Crippen LogP contribution in [0.4, 0.5) is 0 Å². The van der Waals surface area contributed by atoms with E-state index in [0.717, 1.165) is 5.69 Å². The van der Waals surface area contributed by atoms with Crippen molar-refractivity contribution in [3.63, 3.8) is 0 Å². The minimum Gasteiger partial charge on any atom is -0.369 e. The van der Waals surface area contributed by atoms with Gasteiger partial charge in [-0.25, -0.2) is 18.5 Å². The fraction of sp³-hybridized carbons (Fsp3) is 0.158. The molecule has 3 rings (SSSR count). The maximum absolute atomic E-state index is 12.3. The maximum atomic E-state index is 12.3. The summed E-state index contributed by atoms with van der Waals surface area (Å²) in [6.07, 6.45) is 1.71. The zero-order valence-electron chi connectivity index (χ0n) is 15.3. The van der Waals surface area contributed by atoms with Crippen LogP contribution in [0.5, 0.6) is 0 Å². The number of primary amides is 1. The summed E-state index contributed by atoms with van der Waals surface area (Å²) in [5, 5.41) is 5.82. The quantitative estimate of drug-likeness (QED) is 0.660. The van der Waals surface area contributed by atoms with E-state index < -0.39 is 21.8 Å². The van der Waals surface area contributed by atoms with Crippen LogP contribution in [0.25, 0.3) is 5.69 Å². The molecule has 7 nitrogen and oxygen atoms in total. The summed E-state index contributed by atoms with van der Waals surface area (Å²) in [6, 6.07) is 11.3. The van der Waals surface area contributed by atoms with Gasteiger partial charge in [-0.15, -0.1) is 0 Å². The minimum absolute atomic E-state index is 0.135. The van der Waals surface area contributed by atoms with Gasteiger partial charge in [-0.2, -0.15) is 0 Å². The average Bonchev–Trinajstić information content (AvgIpc) is 2.94. The molecule has 0 fully saturated rings. The third kappa shape index (κ3) is 3.80. The van der Waals surface area contributed by atoms with Crippen LogP contribution in [0.1, 0.15) is 28.6 Å². The number of primary sulfonamides is 1. The van der Waals surface area contributed by atoms with Crippen LogP contribution >= 0.6 is 11.6 Å². The van der Waals surface area contributed by atoms with Gasteiger partial charge in [0.25, 0.3) is 0 Å². The number of hydrogen-bond donors (Lipinski definition) is 2. The molecule has 0 aliphatic rings. The third-order valence-electron chi connectivity index (χ3n) is 4.39. The van der Waals surface area contributed by atoms with E-state index in [9.17, 15) is 13.2 Å². The number of nitrogens with zero attached hydrogens (tertiary/aromatic N) is 2.